The zero-order valence-electron chi connectivity index (χ0n) is 13.9. The minimum Gasteiger partial charge on any atom is -0.363 e. The first-order valence-electron chi connectivity index (χ1n) is 7.88. The van der Waals surface area contributed by atoms with Crippen LogP contribution in [0.25, 0.3) is 0 Å². The Kier molecular flexibility index (Phi) is 4.23. The molecule has 1 atom stereocenters. The van der Waals surface area contributed by atoms with Gasteiger partial charge in [-0.05, 0) is 36.8 Å². The number of anilines is 1. The molecule has 23 heavy (non-hydrogen) atoms. The molecule has 6 heteroatoms. The van der Waals surface area contributed by atoms with Gasteiger partial charge in [0, 0.05) is 51.8 Å². The van der Waals surface area contributed by atoms with Gasteiger partial charge >= 0.3 is 6.03 Å². The maximum atomic E-state index is 12.5. The molecule has 0 fully saturated rings. The Morgan fingerprint density at radius 3 is 3.00 bits per heavy atom. The average molecular weight is 313 g/mol. The molecule has 0 radical (unpaired) electrons. The van der Waals surface area contributed by atoms with Gasteiger partial charge in [0.15, 0.2) is 0 Å². The van der Waals surface area contributed by atoms with E-state index in [1.165, 1.54) is 5.69 Å². The highest BCUT2D eigenvalue weighted by Crippen LogP contribution is 2.25. The summed E-state index contributed by atoms with van der Waals surface area (Å²) >= 11 is 0. The summed E-state index contributed by atoms with van der Waals surface area (Å²) in [7, 11) is 3.91. The van der Waals surface area contributed by atoms with E-state index in [0.29, 0.717) is 6.54 Å². The molecule has 1 N–H and O–H groups in total. The lowest BCUT2D eigenvalue weighted by Crippen LogP contribution is -2.45. The summed E-state index contributed by atoms with van der Waals surface area (Å²) in [6.45, 7) is 4.15. The molecule has 122 valence electrons. The van der Waals surface area contributed by atoms with Crippen LogP contribution in [0.1, 0.15) is 24.2 Å². The van der Waals surface area contributed by atoms with Crippen LogP contribution in [0.5, 0.6) is 0 Å². The molecule has 0 spiro atoms. The topological polar surface area (TPSA) is 53.4 Å². The van der Waals surface area contributed by atoms with Crippen molar-refractivity contribution in [2.24, 2.45) is 0 Å². The molecule has 3 heterocycles. The van der Waals surface area contributed by atoms with Crippen LogP contribution in [0.15, 0.2) is 36.7 Å². The van der Waals surface area contributed by atoms with Gasteiger partial charge in [0.05, 0.1) is 6.04 Å². The van der Waals surface area contributed by atoms with Crippen molar-refractivity contribution in [3.05, 3.63) is 47.9 Å². The number of rotatable bonds is 3. The van der Waals surface area contributed by atoms with E-state index in [1.54, 1.807) is 6.20 Å². The minimum atomic E-state index is -0.0202. The largest absolute Gasteiger partial charge is 0.363 e. The number of fused-ring (bicyclic) bond motifs is 1. The molecule has 6 nitrogen and oxygen atoms in total. The zero-order valence-corrected chi connectivity index (χ0v) is 13.9. The molecule has 1 unspecified atom stereocenters. The Balaban J connectivity index is 1.63. The fourth-order valence-corrected chi connectivity index (χ4v) is 2.95. The highest BCUT2D eigenvalue weighted by molar-refractivity contribution is 5.74. The molecule has 0 aromatic carbocycles. The first-order valence-corrected chi connectivity index (χ1v) is 7.88. The second kappa shape index (κ2) is 6.32. The van der Waals surface area contributed by atoms with Crippen LogP contribution in [-0.2, 0) is 13.1 Å². The van der Waals surface area contributed by atoms with Crippen LogP contribution < -0.4 is 10.2 Å². The Morgan fingerprint density at radius 2 is 2.22 bits per heavy atom. The summed E-state index contributed by atoms with van der Waals surface area (Å²) in [4.78, 5) is 20.6. The third-order valence-corrected chi connectivity index (χ3v) is 4.31. The standard InChI is InChI=1S/C17H23N5O/c1-13-15-5-4-8-21(15)9-10-22(13)17(23)19-12-14-6-7-18-16(11-14)20(2)3/h4-8,11,13H,9-10,12H2,1-3H3,(H,19,23). The van der Waals surface area contributed by atoms with Crippen molar-refractivity contribution in [3.63, 3.8) is 0 Å². The number of hydrogen-bond donors (Lipinski definition) is 1. The lowest BCUT2D eigenvalue weighted by Gasteiger charge is -2.34. The number of carbonyl (C=O) groups excluding carboxylic acids is 1. The molecular weight excluding hydrogens is 290 g/mol. The Labute approximate surface area is 136 Å². The number of hydrogen-bond acceptors (Lipinski definition) is 3. The SMILES string of the molecule is CC1c2cccn2CCN1C(=O)NCc1ccnc(N(C)C)c1. The molecule has 0 bridgehead atoms. The van der Waals surface area contributed by atoms with Gasteiger partial charge in [0.25, 0.3) is 0 Å². The first kappa shape index (κ1) is 15.4. The van der Waals surface area contributed by atoms with Gasteiger partial charge in [0.2, 0.25) is 0 Å². The summed E-state index contributed by atoms with van der Waals surface area (Å²) < 4.78 is 2.21. The summed E-state index contributed by atoms with van der Waals surface area (Å²) in [5.74, 6) is 0.890. The highest BCUT2D eigenvalue weighted by atomic mass is 16.2. The van der Waals surface area contributed by atoms with Gasteiger partial charge in [-0.3, -0.25) is 0 Å². The summed E-state index contributed by atoms with van der Waals surface area (Å²) in [5.41, 5.74) is 2.23. The fraction of sp³-hybridized carbons (Fsp3) is 0.412. The van der Waals surface area contributed by atoms with Crippen LogP contribution >= 0.6 is 0 Å². The summed E-state index contributed by atoms with van der Waals surface area (Å²) in [6, 6.07) is 8.11. The molecular formula is C17H23N5O. The fourth-order valence-electron chi connectivity index (χ4n) is 2.95. The number of aromatic nitrogens is 2. The van der Waals surface area contributed by atoms with E-state index in [2.05, 4.69) is 34.1 Å². The molecule has 3 rings (SSSR count). The zero-order chi connectivity index (χ0) is 16.4. The predicted octanol–water partition coefficient (Wildman–Crippen LogP) is 2.24. The van der Waals surface area contributed by atoms with Gasteiger partial charge in [-0.15, -0.1) is 0 Å². The maximum absolute atomic E-state index is 12.5. The van der Waals surface area contributed by atoms with Gasteiger partial charge in [-0.2, -0.15) is 0 Å². The van der Waals surface area contributed by atoms with E-state index in [9.17, 15) is 4.79 Å². The minimum absolute atomic E-state index is 0.0202. The van der Waals surface area contributed by atoms with Crippen molar-refractivity contribution in [1.82, 2.24) is 19.8 Å². The summed E-state index contributed by atoms with van der Waals surface area (Å²) in [6.07, 6.45) is 3.84. The number of urea groups is 1. The first-order chi connectivity index (χ1) is 11.1. The number of amides is 2. The Bertz CT molecular complexity index is 694. The van der Waals surface area contributed by atoms with Gasteiger partial charge in [0.1, 0.15) is 5.82 Å². The normalized spacial score (nSPS) is 16.8. The van der Waals surface area contributed by atoms with E-state index in [-0.39, 0.29) is 12.1 Å². The van der Waals surface area contributed by atoms with Crippen LogP contribution in [-0.4, -0.2) is 41.1 Å². The van der Waals surface area contributed by atoms with Crippen LogP contribution in [0, 0.1) is 0 Å². The number of nitrogens with zero attached hydrogens (tertiary/aromatic N) is 4. The lowest BCUT2D eigenvalue weighted by atomic mass is 10.1. The van der Waals surface area contributed by atoms with Crippen molar-refractivity contribution in [2.75, 3.05) is 25.5 Å². The molecule has 2 aromatic heterocycles. The number of nitrogens with one attached hydrogen (secondary N) is 1. The molecule has 1 aliphatic heterocycles. The van der Waals surface area contributed by atoms with E-state index < -0.39 is 0 Å². The highest BCUT2D eigenvalue weighted by Gasteiger charge is 2.27. The third-order valence-electron chi connectivity index (χ3n) is 4.31. The van der Waals surface area contributed by atoms with Gasteiger partial charge in [-0.25, -0.2) is 9.78 Å². The average Bonchev–Trinajstić information content (AvgIpc) is 3.03. The molecule has 0 saturated heterocycles. The molecule has 1 aliphatic rings. The smallest absolute Gasteiger partial charge is 0.318 e. The van der Waals surface area contributed by atoms with E-state index >= 15 is 0 Å². The van der Waals surface area contributed by atoms with E-state index in [4.69, 9.17) is 0 Å². The second-order valence-corrected chi connectivity index (χ2v) is 6.07. The van der Waals surface area contributed by atoms with Crippen molar-refractivity contribution in [2.45, 2.75) is 26.1 Å². The van der Waals surface area contributed by atoms with Gasteiger partial charge in [-0.1, -0.05) is 0 Å². The Morgan fingerprint density at radius 1 is 1.39 bits per heavy atom. The van der Waals surface area contributed by atoms with Crippen molar-refractivity contribution >= 4 is 11.8 Å². The van der Waals surface area contributed by atoms with Crippen molar-refractivity contribution in [1.29, 1.82) is 0 Å². The number of pyridine rings is 1. The van der Waals surface area contributed by atoms with Crippen LogP contribution in [0.2, 0.25) is 0 Å². The quantitative estimate of drug-likeness (QED) is 0.945. The molecule has 2 amide bonds. The monoisotopic (exact) mass is 313 g/mol. The van der Waals surface area contributed by atoms with Crippen LogP contribution in [0.3, 0.4) is 0 Å². The van der Waals surface area contributed by atoms with Crippen LogP contribution in [0.4, 0.5) is 10.6 Å². The summed E-state index contributed by atoms with van der Waals surface area (Å²) in [5, 5.41) is 3.02. The third kappa shape index (κ3) is 3.16. The molecule has 2 aromatic rings. The molecule has 0 aliphatic carbocycles. The van der Waals surface area contributed by atoms with E-state index in [0.717, 1.165) is 24.5 Å². The van der Waals surface area contributed by atoms with Gasteiger partial charge < -0.3 is 19.7 Å². The Hall–Kier alpha value is -2.50. The lowest BCUT2D eigenvalue weighted by molar-refractivity contribution is 0.162. The maximum Gasteiger partial charge on any atom is 0.318 e. The van der Waals surface area contributed by atoms with Crippen molar-refractivity contribution < 1.29 is 4.79 Å². The van der Waals surface area contributed by atoms with E-state index in [1.807, 2.05) is 42.1 Å². The number of carbonyl (C=O) groups is 1. The predicted molar refractivity (Wildman–Crippen MR) is 90.4 cm³/mol. The second-order valence-electron chi connectivity index (χ2n) is 6.07. The molecule has 0 saturated carbocycles. The van der Waals surface area contributed by atoms with Crippen molar-refractivity contribution in [3.8, 4) is 0 Å².